The first-order chi connectivity index (χ1) is 60.2. The van der Waals surface area contributed by atoms with Gasteiger partial charge in [0.2, 0.25) is 0 Å². The van der Waals surface area contributed by atoms with E-state index in [1.165, 1.54) is 107 Å². The van der Waals surface area contributed by atoms with E-state index < -0.39 is 38.8 Å². The van der Waals surface area contributed by atoms with E-state index in [0.717, 1.165) is 22.0 Å². The van der Waals surface area contributed by atoms with Crippen molar-refractivity contribution in [2.45, 2.75) is 13.8 Å². The number of aryl methyl sites for hydroxylation is 2. The van der Waals surface area contributed by atoms with Crippen molar-refractivity contribution in [3.8, 4) is 11.3 Å². The maximum absolute atomic E-state index is 8.70. The van der Waals surface area contributed by atoms with Crippen LogP contribution in [0.15, 0.2) is 510 Å². The minimum atomic E-state index is -1.35. The topological polar surface area (TPSA) is 66.2 Å². The third-order valence-electron chi connectivity index (χ3n) is 20.1. The first-order valence-corrected chi connectivity index (χ1v) is 46.4. The average Bonchev–Trinajstić information content (AvgIpc) is 0.776. The molecule has 602 valence electrons. The molecule has 0 bridgehead atoms. The molecule has 0 aliphatic rings. The zero-order chi connectivity index (χ0) is 83.7. The number of pyridine rings is 2. The Kier molecular flexibility index (Phi) is 33.8. The summed E-state index contributed by atoms with van der Waals surface area (Å²) in [5.74, 6) is 0. The molecule has 0 atom stereocenters. The first kappa shape index (κ1) is 88.7. The van der Waals surface area contributed by atoms with Crippen molar-refractivity contribution in [3.63, 3.8) is 0 Å². The SMILES string of the molecule is Cc1cccc(-c2nccc3c2ccc2ccccc23)c1.Cc1cccc(B(O)O)c1.Clc1nccc2c1ccc1ccccc12.[Pd].c1ccc(P(c2ccccc2)c2ccccc2)cc1.c1ccc(P(c2ccccc2)c2ccccc2)cc1.c1ccc(P(c2ccccc2)c2ccccc2)cc1.c1ccc(P(c2ccccc2)c2ccccc2)cc1. The van der Waals surface area contributed by atoms with Crippen LogP contribution in [-0.4, -0.2) is 27.1 Å². The van der Waals surface area contributed by atoms with Crippen LogP contribution in [0.25, 0.3) is 54.3 Å². The molecule has 0 radical (unpaired) electrons. The molecule has 0 saturated heterocycles. The third-order valence-corrected chi connectivity index (χ3v) is 30.2. The van der Waals surface area contributed by atoms with Gasteiger partial charge in [-0.2, -0.15) is 0 Å². The van der Waals surface area contributed by atoms with E-state index in [-0.39, 0.29) is 20.4 Å². The van der Waals surface area contributed by atoms with Gasteiger partial charge in [0.05, 0.1) is 5.69 Å². The number of hydrogen-bond acceptors (Lipinski definition) is 4. The van der Waals surface area contributed by atoms with E-state index in [1.807, 2.05) is 43.5 Å². The van der Waals surface area contributed by atoms with Crippen molar-refractivity contribution in [1.29, 1.82) is 0 Å². The molecule has 0 spiro atoms. The molecule has 123 heavy (non-hydrogen) atoms. The standard InChI is InChI=1S/C20H15N.4C18H15P.C13H8ClN.C7H9BO2.Pd/c1-14-5-4-7-16(13-14)20-19-10-9-15-6-2-3-8-17(15)18(19)11-12-21-20;4*1-4-10-16(11-5-1)19(17-12-6-2-7-13-17)18-14-8-3-9-15-18;14-13-12-6-5-9-3-1-2-4-10(9)11(12)7-8-15-13;1-6-3-2-4-7(5-6)8(9)10;/h2-13H,1H3;4*1-15H;1-8H;2-5,9-10H,1H3;. The Morgan fingerprint density at radius 1 is 0.220 bits per heavy atom. The number of halogens is 1. The van der Waals surface area contributed by atoms with E-state index in [2.05, 4.69) is 466 Å². The summed E-state index contributed by atoms with van der Waals surface area (Å²) in [5, 5.41) is 44.4. The van der Waals surface area contributed by atoms with E-state index >= 15 is 0 Å². The largest absolute Gasteiger partial charge is 0.488 e. The maximum Gasteiger partial charge on any atom is 0.488 e. The summed E-state index contributed by atoms with van der Waals surface area (Å²) in [6.45, 7) is 4.02. The predicted molar refractivity (Wildman–Crippen MR) is 535 cm³/mol. The van der Waals surface area contributed by atoms with Crippen molar-refractivity contribution in [3.05, 3.63) is 526 Å². The fourth-order valence-corrected chi connectivity index (χ4v) is 23.8. The van der Waals surface area contributed by atoms with Crippen molar-refractivity contribution < 1.29 is 30.5 Å². The number of hydrogen-bond donors (Lipinski definition) is 2. The molecule has 11 heteroatoms. The second-order valence-corrected chi connectivity index (χ2v) is 37.8. The van der Waals surface area contributed by atoms with Crippen molar-refractivity contribution in [2.75, 3.05) is 0 Å². The molecule has 18 aromatic carbocycles. The molecule has 0 aliphatic heterocycles. The van der Waals surface area contributed by atoms with Crippen LogP contribution < -0.4 is 69.1 Å². The van der Waals surface area contributed by atoms with Gasteiger partial charge < -0.3 is 10.0 Å². The van der Waals surface area contributed by atoms with Gasteiger partial charge in [-0.05, 0) is 165 Å². The zero-order valence-electron chi connectivity index (χ0n) is 68.3. The number of fused-ring (bicyclic) bond motifs is 6. The molecule has 2 heterocycles. The summed E-state index contributed by atoms with van der Waals surface area (Å²) in [7, 11) is -3.13. The van der Waals surface area contributed by atoms with Crippen molar-refractivity contribution in [2.24, 2.45) is 0 Å². The van der Waals surface area contributed by atoms with Gasteiger partial charge in [-0.25, -0.2) is 4.98 Å². The Labute approximate surface area is 748 Å². The van der Waals surface area contributed by atoms with E-state index in [1.54, 1.807) is 24.4 Å². The summed E-state index contributed by atoms with van der Waals surface area (Å²) < 4.78 is 0. The van der Waals surface area contributed by atoms with E-state index in [0.29, 0.717) is 10.6 Å². The summed E-state index contributed by atoms with van der Waals surface area (Å²) in [4.78, 5) is 8.70. The summed E-state index contributed by atoms with van der Waals surface area (Å²) in [6.07, 6.45) is 3.66. The number of nitrogens with zero attached hydrogens (tertiary/aromatic N) is 2. The van der Waals surface area contributed by atoms with Crippen LogP contribution in [-0.2, 0) is 20.4 Å². The average molecular weight is 1770 g/mol. The van der Waals surface area contributed by atoms with Crippen molar-refractivity contribution in [1.82, 2.24) is 9.97 Å². The molecule has 0 saturated carbocycles. The fourth-order valence-electron chi connectivity index (χ4n) is 14.4. The van der Waals surface area contributed by atoms with Crippen LogP contribution in [0.4, 0.5) is 0 Å². The second-order valence-electron chi connectivity index (χ2n) is 28.6. The normalized spacial score (nSPS) is 10.5. The van der Waals surface area contributed by atoms with Gasteiger partial charge in [0.25, 0.3) is 0 Å². The summed E-state index contributed by atoms with van der Waals surface area (Å²) >= 11 is 6.05. The maximum atomic E-state index is 8.70. The van der Waals surface area contributed by atoms with Crippen LogP contribution in [0.5, 0.6) is 0 Å². The smallest absolute Gasteiger partial charge is 0.423 e. The van der Waals surface area contributed by atoms with Gasteiger partial charge in [-0.3, -0.25) is 4.98 Å². The first-order valence-electron chi connectivity index (χ1n) is 40.7. The second kappa shape index (κ2) is 46.8. The Morgan fingerprint density at radius 3 is 0.732 bits per heavy atom. The molecule has 0 fully saturated rings. The predicted octanol–water partition coefficient (Wildman–Crippen LogP) is 22.9. The Balaban J connectivity index is 0.000000124. The monoisotopic (exact) mass is 1770 g/mol. The van der Waals surface area contributed by atoms with Crippen molar-refractivity contribution >= 4 is 163 Å². The Hall–Kier alpha value is -12.0. The number of aromatic nitrogens is 2. The van der Waals surface area contributed by atoms with Gasteiger partial charge in [-0.15, -0.1) is 0 Å². The minimum Gasteiger partial charge on any atom is -0.423 e. The molecular weight excluding hydrogens is 1680 g/mol. The molecule has 20 rings (SSSR count). The molecule has 0 amide bonds. The van der Waals surface area contributed by atoms with Gasteiger partial charge in [-0.1, -0.05) is 502 Å². The van der Waals surface area contributed by atoms with Crippen LogP contribution in [0.2, 0.25) is 5.15 Å². The quantitative estimate of drug-likeness (QED) is 0.0493. The molecule has 20 aromatic rings. The van der Waals surface area contributed by atoms with Gasteiger partial charge in [0.1, 0.15) is 5.15 Å². The number of rotatable bonds is 14. The van der Waals surface area contributed by atoms with Crippen LogP contribution >= 0.6 is 43.3 Å². The summed E-state index contributed by atoms with van der Waals surface area (Å²) in [6, 6.07) is 174. The molecule has 2 N–H and O–H groups in total. The molecular formula is C112H92BClN2O2P4Pd. The number of benzene rings is 18. The van der Waals surface area contributed by atoms with Crippen LogP contribution in [0.3, 0.4) is 0 Å². The van der Waals surface area contributed by atoms with E-state index in [4.69, 9.17) is 21.6 Å². The summed E-state index contributed by atoms with van der Waals surface area (Å²) in [5.41, 5.74) is 5.07. The zero-order valence-corrected chi connectivity index (χ0v) is 74.2. The molecule has 4 nitrogen and oxygen atoms in total. The molecule has 0 unspecified atom stereocenters. The van der Waals surface area contributed by atoms with Gasteiger partial charge in [0, 0.05) is 49.2 Å². The Morgan fingerprint density at radius 2 is 0.463 bits per heavy atom. The van der Waals surface area contributed by atoms with Gasteiger partial charge >= 0.3 is 7.12 Å². The van der Waals surface area contributed by atoms with Gasteiger partial charge in [0.15, 0.2) is 0 Å². The van der Waals surface area contributed by atoms with Crippen LogP contribution in [0.1, 0.15) is 11.1 Å². The van der Waals surface area contributed by atoms with E-state index in [9.17, 15) is 0 Å². The Bertz CT molecular complexity index is 5680. The molecule has 0 aliphatic carbocycles. The van der Waals surface area contributed by atoms with Crippen LogP contribution in [0, 0.1) is 13.8 Å². The third kappa shape index (κ3) is 24.7. The molecule has 2 aromatic heterocycles. The minimum absolute atomic E-state index is 0. The fraction of sp³-hybridized carbons (Fsp3) is 0.0179.